The van der Waals surface area contributed by atoms with Crippen LogP contribution >= 0.6 is 15.9 Å². The summed E-state index contributed by atoms with van der Waals surface area (Å²) in [6.45, 7) is 2.22. The highest BCUT2D eigenvalue weighted by Gasteiger charge is 2.30. The molecule has 5 rings (SSSR count). The summed E-state index contributed by atoms with van der Waals surface area (Å²) in [6, 6.07) is 16.7. The molecule has 0 spiro atoms. The number of carbonyl (C=O) groups is 1. The van der Waals surface area contributed by atoms with Crippen LogP contribution in [0.25, 0.3) is 11.1 Å². The van der Waals surface area contributed by atoms with Gasteiger partial charge in [0, 0.05) is 19.0 Å². The first-order chi connectivity index (χ1) is 13.2. The number of hydrogen-bond donors (Lipinski definition) is 0. The molecule has 0 saturated carbocycles. The van der Waals surface area contributed by atoms with E-state index in [0.717, 1.165) is 17.0 Å². The summed E-state index contributed by atoms with van der Waals surface area (Å²) in [4.78, 5) is 18.7. The van der Waals surface area contributed by atoms with Crippen LogP contribution in [-0.2, 0) is 17.8 Å². The van der Waals surface area contributed by atoms with Crippen molar-refractivity contribution in [2.75, 3.05) is 13.2 Å². The van der Waals surface area contributed by atoms with Gasteiger partial charge in [0.2, 0.25) is 0 Å². The van der Waals surface area contributed by atoms with Crippen LogP contribution in [0.15, 0.2) is 59.5 Å². The highest BCUT2D eigenvalue weighted by Crippen LogP contribution is 2.44. The van der Waals surface area contributed by atoms with Gasteiger partial charge in [-0.15, -0.1) is 0 Å². The van der Waals surface area contributed by atoms with E-state index in [4.69, 9.17) is 4.74 Å². The Morgan fingerprint density at radius 2 is 1.74 bits per heavy atom. The summed E-state index contributed by atoms with van der Waals surface area (Å²) < 4.78 is 8.63. The van der Waals surface area contributed by atoms with Gasteiger partial charge in [-0.1, -0.05) is 48.5 Å². The van der Waals surface area contributed by atoms with Crippen LogP contribution in [0.1, 0.15) is 22.7 Å². The number of amides is 1. The lowest BCUT2D eigenvalue weighted by atomic mass is 9.98. The van der Waals surface area contributed by atoms with E-state index in [9.17, 15) is 4.79 Å². The summed E-state index contributed by atoms with van der Waals surface area (Å²) in [7, 11) is 0. The second-order valence-electron chi connectivity index (χ2n) is 6.90. The van der Waals surface area contributed by atoms with E-state index in [1.807, 2.05) is 12.1 Å². The number of carbonyl (C=O) groups excluding carboxylic acids is 1. The fourth-order valence-electron chi connectivity index (χ4n) is 4.08. The standard InChI is InChI=1S/C21H18BrN3O2/c22-20-23-11-14-12-24(9-10-25(14)20)21(26)27-13-19-17-7-3-1-5-15(17)16-6-2-4-8-18(16)19/h1-8,11,19H,9-10,12-13H2. The second-order valence-corrected chi connectivity index (χ2v) is 7.61. The summed E-state index contributed by atoms with van der Waals surface area (Å²) in [6.07, 6.45) is 1.54. The lowest BCUT2D eigenvalue weighted by Crippen LogP contribution is -2.38. The molecule has 0 fully saturated rings. The molecule has 1 aliphatic heterocycles. The number of halogens is 1. The van der Waals surface area contributed by atoms with Gasteiger partial charge in [-0.3, -0.25) is 0 Å². The van der Waals surface area contributed by atoms with E-state index in [2.05, 4.69) is 61.9 Å². The van der Waals surface area contributed by atoms with Gasteiger partial charge < -0.3 is 14.2 Å². The van der Waals surface area contributed by atoms with Crippen LogP contribution in [-0.4, -0.2) is 33.7 Å². The van der Waals surface area contributed by atoms with Crippen LogP contribution in [0.4, 0.5) is 4.79 Å². The van der Waals surface area contributed by atoms with Gasteiger partial charge in [0.15, 0.2) is 4.73 Å². The minimum Gasteiger partial charge on any atom is -0.448 e. The number of rotatable bonds is 2. The third-order valence-corrected chi connectivity index (χ3v) is 6.06. The molecular formula is C21H18BrN3O2. The first kappa shape index (κ1) is 16.6. The maximum absolute atomic E-state index is 12.7. The normalized spacial score (nSPS) is 15.2. The maximum Gasteiger partial charge on any atom is 0.410 e. The van der Waals surface area contributed by atoms with Crippen molar-refractivity contribution >= 4 is 22.0 Å². The molecule has 0 bridgehead atoms. The Kier molecular flexibility index (Phi) is 4.01. The van der Waals surface area contributed by atoms with Crippen molar-refractivity contribution < 1.29 is 9.53 Å². The minimum atomic E-state index is -0.263. The number of ether oxygens (including phenoxy) is 1. The van der Waals surface area contributed by atoms with E-state index in [1.165, 1.54) is 22.3 Å². The Labute approximate surface area is 165 Å². The summed E-state index contributed by atoms with van der Waals surface area (Å²) in [5.74, 6) is 0.0887. The molecule has 6 heteroatoms. The zero-order valence-corrected chi connectivity index (χ0v) is 16.2. The van der Waals surface area contributed by atoms with Gasteiger partial charge >= 0.3 is 6.09 Å². The molecule has 27 heavy (non-hydrogen) atoms. The van der Waals surface area contributed by atoms with Crippen LogP contribution in [0.3, 0.4) is 0 Å². The Hall–Kier alpha value is -2.60. The average molecular weight is 424 g/mol. The Morgan fingerprint density at radius 1 is 1.07 bits per heavy atom. The molecule has 2 aliphatic rings. The largest absolute Gasteiger partial charge is 0.448 e. The molecule has 0 saturated heterocycles. The van der Waals surface area contributed by atoms with Gasteiger partial charge in [0.05, 0.1) is 18.4 Å². The average Bonchev–Trinajstić information content (AvgIpc) is 3.24. The number of aromatic nitrogens is 2. The Bertz CT molecular complexity index is 984. The smallest absolute Gasteiger partial charge is 0.410 e. The van der Waals surface area contributed by atoms with Crippen molar-refractivity contribution in [2.45, 2.75) is 19.0 Å². The van der Waals surface area contributed by atoms with Crippen LogP contribution in [0.2, 0.25) is 0 Å². The van der Waals surface area contributed by atoms with Gasteiger partial charge in [0.1, 0.15) is 6.61 Å². The molecule has 0 N–H and O–H groups in total. The van der Waals surface area contributed by atoms with Gasteiger partial charge in [-0.2, -0.15) is 0 Å². The molecule has 0 atom stereocenters. The van der Waals surface area contributed by atoms with Crippen molar-refractivity contribution in [2.24, 2.45) is 0 Å². The van der Waals surface area contributed by atoms with Crippen molar-refractivity contribution in [3.63, 3.8) is 0 Å². The van der Waals surface area contributed by atoms with E-state index in [1.54, 1.807) is 11.1 Å². The lowest BCUT2D eigenvalue weighted by Gasteiger charge is -2.28. The predicted octanol–water partition coefficient (Wildman–Crippen LogP) is 4.41. The third-order valence-electron chi connectivity index (χ3n) is 5.43. The zero-order chi connectivity index (χ0) is 18.4. The molecular weight excluding hydrogens is 406 g/mol. The van der Waals surface area contributed by atoms with Crippen molar-refractivity contribution in [1.82, 2.24) is 14.5 Å². The van der Waals surface area contributed by atoms with Crippen molar-refractivity contribution in [3.05, 3.63) is 76.3 Å². The van der Waals surface area contributed by atoms with E-state index in [0.29, 0.717) is 19.7 Å². The number of imidazole rings is 1. The summed E-state index contributed by atoms with van der Waals surface area (Å²) in [5, 5.41) is 0. The zero-order valence-electron chi connectivity index (χ0n) is 14.6. The van der Waals surface area contributed by atoms with Crippen molar-refractivity contribution in [1.29, 1.82) is 0 Å². The van der Waals surface area contributed by atoms with Gasteiger partial charge in [-0.05, 0) is 38.2 Å². The summed E-state index contributed by atoms with van der Waals surface area (Å²) >= 11 is 3.43. The molecule has 0 radical (unpaired) electrons. The number of benzene rings is 2. The molecule has 0 unspecified atom stereocenters. The second kappa shape index (κ2) is 6.53. The van der Waals surface area contributed by atoms with Crippen molar-refractivity contribution in [3.8, 4) is 11.1 Å². The van der Waals surface area contributed by atoms with Gasteiger partial charge in [-0.25, -0.2) is 9.78 Å². The maximum atomic E-state index is 12.7. The lowest BCUT2D eigenvalue weighted by molar-refractivity contribution is 0.0901. The topological polar surface area (TPSA) is 47.4 Å². The molecule has 2 heterocycles. The van der Waals surface area contributed by atoms with E-state index >= 15 is 0 Å². The van der Waals surface area contributed by atoms with Gasteiger partial charge in [0.25, 0.3) is 0 Å². The molecule has 3 aromatic rings. The first-order valence-corrected chi connectivity index (χ1v) is 9.81. The van der Waals surface area contributed by atoms with Crippen LogP contribution in [0.5, 0.6) is 0 Å². The quantitative estimate of drug-likeness (QED) is 0.613. The SMILES string of the molecule is O=C(OCC1c2ccccc2-c2ccccc21)N1CCn2c(cnc2Br)C1. The number of nitrogens with zero attached hydrogens (tertiary/aromatic N) is 3. The predicted molar refractivity (Wildman–Crippen MR) is 105 cm³/mol. The monoisotopic (exact) mass is 423 g/mol. The Morgan fingerprint density at radius 3 is 2.44 bits per heavy atom. The number of fused-ring (bicyclic) bond motifs is 4. The minimum absolute atomic E-state index is 0.0887. The molecule has 5 nitrogen and oxygen atoms in total. The van der Waals surface area contributed by atoms with E-state index in [-0.39, 0.29) is 12.0 Å². The van der Waals surface area contributed by atoms with Crippen LogP contribution in [0, 0.1) is 0 Å². The molecule has 1 amide bonds. The fraction of sp³-hybridized carbons (Fsp3) is 0.238. The molecule has 1 aliphatic carbocycles. The molecule has 136 valence electrons. The highest BCUT2D eigenvalue weighted by atomic mass is 79.9. The molecule has 2 aromatic carbocycles. The van der Waals surface area contributed by atoms with Crippen LogP contribution < -0.4 is 0 Å². The fourth-order valence-corrected chi connectivity index (χ4v) is 4.59. The molecule has 1 aromatic heterocycles. The number of hydrogen-bond acceptors (Lipinski definition) is 3. The first-order valence-electron chi connectivity index (χ1n) is 9.02. The highest BCUT2D eigenvalue weighted by molar-refractivity contribution is 9.10. The Balaban J connectivity index is 1.33. The summed E-state index contributed by atoms with van der Waals surface area (Å²) in [5.41, 5.74) is 5.95. The third kappa shape index (κ3) is 2.75. The van der Waals surface area contributed by atoms with E-state index < -0.39 is 0 Å².